The van der Waals surface area contributed by atoms with Gasteiger partial charge < -0.3 is 9.64 Å². The average Bonchev–Trinajstić information content (AvgIpc) is 2.77. The smallest absolute Gasteiger partial charge is 0.255 e. The number of nitrogens with zero attached hydrogens (tertiary/aromatic N) is 2. The number of sulfone groups is 1. The van der Waals surface area contributed by atoms with Gasteiger partial charge in [0.25, 0.3) is 5.91 Å². The highest BCUT2D eigenvalue weighted by Gasteiger charge is 2.33. The molecule has 104 valence electrons. The van der Waals surface area contributed by atoms with Crippen LogP contribution >= 0.6 is 0 Å². The second kappa shape index (κ2) is 5.16. The first kappa shape index (κ1) is 13.8. The molecule has 1 aliphatic heterocycles. The topological polar surface area (TPSA) is 76.6 Å². The van der Waals surface area contributed by atoms with Gasteiger partial charge in [0.1, 0.15) is 0 Å². The number of carbonyl (C=O) groups is 1. The lowest BCUT2D eigenvalue weighted by Crippen LogP contribution is -2.37. The van der Waals surface area contributed by atoms with Gasteiger partial charge in [0, 0.05) is 25.4 Å². The molecule has 0 aromatic carbocycles. The molecule has 1 atom stereocenters. The van der Waals surface area contributed by atoms with Gasteiger partial charge in [-0.1, -0.05) is 0 Å². The van der Waals surface area contributed by atoms with Crippen LogP contribution in [0.1, 0.15) is 16.8 Å². The van der Waals surface area contributed by atoms with Crippen LogP contribution in [0, 0.1) is 0 Å². The monoisotopic (exact) mass is 284 g/mol. The maximum atomic E-state index is 12.2. The van der Waals surface area contributed by atoms with E-state index in [0.29, 0.717) is 17.9 Å². The van der Waals surface area contributed by atoms with E-state index in [0.717, 1.165) is 0 Å². The van der Waals surface area contributed by atoms with Crippen LogP contribution in [0.4, 0.5) is 0 Å². The van der Waals surface area contributed by atoms with Crippen LogP contribution in [0.25, 0.3) is 0 Å². The number of rotatable bonds is 3. The predicted molar refractivity (Wildman–Crippen MR) is 69.9 cm³/mol. The fourth-order valence-electron chi connectivity index (χ4n) is 2.08. The van der Waals surface area contributed by atoms with Gasteiger partial charge in [-0.15, -0.1) is 0 Å². The summed E-state index contributed by atoms with van der Waals surface area (Å²) in [6.45, 7) is 0. The minimum absolute atomic E-state index is 0.0405. The summed E-state index contributed by atoms with van der Waals surface area (Å²) in [5, 5.41) is 0. The highest BCUT2D eigenvalue weighted by molar-refractivity contribution is 7.91. The van der Waals surface area contributed by atoms with Gasteiger partial charge >= 0.3 is 0 Å². The van der Waals surface area contributed by atoms with Gasteiger partial charge in [0.2, 0.25) is 5.88 Å². The van der Waals surface area contributed by atoms with E-state index in [9.17, 15) is 13.2 Å². The van der Waals surface area contributed by atoms with E-state index in [1.807, 2.05) is 0 Å². The normalized spacial score (nSPS) is 21.1. The largest absolute Gasteiger partial charge is 0.481 e. The fraction of sp³-hybridized carbons (Fsp3) is 0.500. The lowest BCUT2D eigenvalue weighted by molar-refractivity contribution is 0.0747. The molecule has 0 N–H and O–H groups in total. The predicted octanol–water partition coefficient (Wildman–Crippen LogP) is 0.349. The standard InChI is InChI=1S/C12H16N2O4S/c1-14(10-5-6-19(16,17)8-10)12(15)9-3-4-11(18-2)13-7-9/h3-4,7,10H,5-6,8H2,1-2H3. The molecule has 2 heterocycles. The maximum Gasteiger partial charge on any atom is 0.255 e. The fourth-order valence-corrected chi connectivity index (χ4v) is 3.85. The Bertz CT molecular complexity index is 568. The van der Waals surface area contributed by atoms with Gasteiger partial charge in [-0.2, -0.15) is 0 Å². The number of ether oxygens (including phenoxy) is 1. The number of carbonyl (C=O) groups excluding carboxylic acids is 1. The minimum Gasteiger partial charge on any atom is -0.481 e. The van der Waals surface area contributed by atoms with E-state index in [-0.39, 0.29) is 23.5 Å². The van der Waals surface area contributed by atoms with E-state index < -0.39 is 9.84 Å². The highest BCUT2D eigenvalue weighted by atomic mass is 32.2. The van der Waals surface area contributed by atoms with Gasteiger partial charge in [-0.25, -0.2) is 13.4 Å². The van der Waals surface area contributed by atoms with Crippen LogP contribution in [-0.4, -0.2) is 55.9 Å². The molecule has 2 rings (SSSR count). The maximum absolute atomic E-state index is 12.2. The number of amides is 1. The van der Waals surface area contributed by atoms with Crippen LogP contribution < -0.4 is 4.74 Å². The lowest BCUT2D eigenvalue weighted by Gasteiger charge is -2.23. The Hall–Kier alpha value is -1.63. The van der Waals surface area contributed by atoms with Crippen molar-refractivity contribution in [2.24, 2.45) is 0 Å². The Morgan fingerprint density at radius 1 is 1.47 bits per heavy atom. The first-order valence-electron chi connectivity index (χ1n) is 5.90. The highest BCUT2D eigenvalue weighted by Crippen LogP contribution is 2.18. The molecular weight excluding hydrogens is 268 g/mol. The molecule has 0 spiro atoms. The third-order valence-corrected chi connectivity index (χ3v) is 5.02. The first-order valence-corrected chi connectivity index (χ1v) is 7.73. The summed E-state index contributed by atoms with van der Waals surface area (Å²) >= 11 is 0. The Balaban J connectivity index is 2.10. The second-order valence-corrected chi connectivity index (χ2v) is 6.79. The molecule has 0 bridgehead atoms. The first-order chi connectivity index (χ1) is 8.93. The number of pyridine rings is 1. The van der Waals surface area contributed by atoms with Crippen molar-refractivity contribution in [3.8, 4) is 5.88 Å². The second-order valence-electron chi connectivity index (χ2n) is 4.56. The molecule has 1 aliphatic rings. The molecule has 1 fully saturated rings. The summed E-state index contributed by atoms with van der Waals surface area (Å²) in [4.78, 5) is 17.6. The van der Waals surface area contributed by atoms with E-state index in [1.165, 1.54) is 18.2 Å². The molecule has 0 aliphatic carbocycles. The lowest BCUT2D eigenvalue weighted by atomic mass is 10.2. The average molecular weight is 284 g/mol. The van der Waals surface area contributed by atoms with E-state index in [4.69, 9.17) is 4.74 Å². The Labute approximate surface area is 112 Å². The number of aromatic nitrogens is 1. The zero-order valence-electron chi connectivity index (χ0n) is 10.9. The van der Waals surface area contributed by atoms with Crippen LogP contribution in [0.5, 0.6) is 5.88 Å². The zero-order valence-corrected chi connectivity index (χ0v) is 11.7. The third-order valence-electron chi connectivity index (χ3n) is 3.27. The van der Waals surface area contributed by atoms with Gasteiger partial charge in [-0.05, 0) is 12.5 Å². The SMILES string of the molecule is COc1ccc(C(=O)N(C)C2CCS(=O)(=O)C2)cn1. The van der Waals surface area contributed by atoms with Gasteiger partial charge in [-0.3, -0.25) is 4.79 Å². The van der Waals surface area contributed by atoms with E-state index in [1.54, 1.807) is 19.2 Å². The van der Waals surface area contributed by atoms with Crippen molar-refractivity contribution in [1.82, 2.24) is 9.88 Å². The quantitative estimate of drug-likeness (QED) is 0.800. The molecule has 19 heavy (non-hydrogen) atoms. The number of hydrogen-bond acceptors (Lipinski definition) is 5. The Morgan fingerprint density at radius 2 is 2.21 bits per heavy atom. The molecule has 1 amide bonds. The van der Waals surface area contributed by atoms with Crippen LogP contribution in [-0.2, 0) is 9.84 Å². The summed E-state index contributed by atoms with van der Waals surface area (Å²) in [6.07, 6.45) is 1.93. The summed E-state index contributed by atoms with van der Waals surface area (Å²) in [5.74, 6) is 0.398. The molecule has 7 heteroatoms. The van der Waals surface area contributed by atoms with Crippen molar-refractivity contribution in [3.05, 3.63) is 23.9 Å². The third kappa shape index (κ3) is 3.04. The van der Waals surface area contributed by atoms with Crippen molar-refractivity contribution in [2.45, 2.75) is 12.5 Å². The number of methoxy groups -OCH3 is 1. The van der Waals surface area contributed by atoms with Crippen molar-refractivity contribution < 1.29 is 17.9 Å². The van der Waals surface area contributed by atoms with Crippen molar-refractivity contribution in [1.29, 1.82) is 0 Å². The molecule has 0 radical (unpaired) electrons. The van der Waals surface area contributed by atoms with E-state index >= 15 is 0 Å². The summed E-state index contributed by atoms with van der Waals surface area (Å²) in [7, 11) is 0.126. The molecule has 0 saturated carbocycles. The Kier molecular flexibility index (Phi) is 3.75. The van der Waals surface area contributed by atoms with Crippen LogP contribution in [0.2, 0.25) is 0 Å². The van der Waals surface area contributed by atoms with Crippen molar-refractivity contribution in [3.63, 3.8) is 0 Å². The molecular formula is C12H16N2O4S. The summed E-state index contributed by atoms with van der Waals surface area (Å²) in [6, 6.07) is 2.97. The molecule has 1 aromatic rings. The van der Waals surface area contributed by atoms with Crippen molar-refractivity contribution in [2.75, 3.05) is 25.7 Å². The van der Waals surface area contributed by atoms with Gasteiger partial charge in [0.15, 0.2) is 9.84 Å². The van der Waals surface area contributed by atoms with Crippen molar-refractivity contribution >= 4 is 15.7 Å². The summed E-state index contributed by atoms with van der Waals surface area (Å²) in [5.41, 5.74) is 0.424. The zero-order chi connectivity index (χ0) is 14.0. The minimum atomic E-state index is -3.00. The van der Waals surface area contributed by atoms with Crippen LogP contribution in [0.3, 0.4) is 0 Å². The molecule has 6 nitrogen and oxygen atoms in total. The molecule has 1 unspecified atom stereocenters. The molecule has 1 saturated heterocycles. The Morgan fingerprint density at radius 3 is 2.68 bits per heavy atom. The van der Waals surface area contributed by atoms with E-state index in [2.05, 4.69) is 4.98 Å². The summed E-state index contributed by atoms with van der Waals surface area (Å²) < 4.78 is 27.8. The number of hydrogen-bond donors (Lipinski definition) is 0. The van der Waals surface area contributed by atoms with Gasteiger partial charge in [0.05, 0.1) is 24.2 Å². The van der Waals surface area contributed by atoms with Crippen LogP contribution in [0.15, 0.2) is 18.3 Å². The molecule has 1 aromatic heterocycles.